The maximum Gasteiger partial charge on any atom is 0.387 e. The number of alkyl halides is 2. The third-order valence-electron chi connectivity index (χ3n) is 7.79. The molecule has 0 spiro atoms. The van der Waals surface area contributed by atoms with Crippen LogP contribution >= 0.6 is 11.6 Å². The van der Waals surface area contributed by atoms with E-state index in [2.05, 4.69) is 15.0 Å². The number of rotatable bonds is 9. The van der Waals surface area contributed by atoms with Gasteiger partial charge in [-0.2, -0.15) is 8.78 Å². The van der Waals surface area contributed by atoms with Crippen molar-refractivity contribution in [3.05, 3.63) is 58.4 Å². The Bertz CT molecular complexity index is 1350. The van der Waals surface area contributed by atoms with Gasteiger partial charge in [-0.3, -0.25) is 0 Å². The summed E-state index contributed by atoms with van der Waals surface area (Å²) in [6.45, 7) is -2.67. The lowest BCUT2D eigenvalue weighted by Gasteiger charge is -2.39. The van der Waals surface area contributed by atoms with Gasteiger partial charge < -0.3 is 23.6 Å². The first kappa shape index (κ1) is 26.0. The number of carbonyl (C=O) groups excluding carboxylic acids is 1. The number of piperidine rings is 1. The number of hydrogen-bond donors (Lipinski definition) is 0. The van der Waals surface area contributed by atoms with Gasteiger partial charge in [-0.05, 0) is 50.7 Å². The van der Waals surface area contributed by atoms with Crippen molar-refractivity contribution in [2.24, 2.45) is 0 Å². The van der Waals surface area contributed by atoms with E-state index in [9.17, 15) is 13.6 Å². The van der Waals surface area contributed by atoms with Gasteiger partial charge in [-0.25, -0.2) is 9.78 Å². The molecule has 2 saturated heterocycles. The molecule has 6 rings (SSSR count). The van der Waals surface area contributed by atoms with Crippen LogP contribution in [-0.4, -0.2) is 48.0 Å². The van der Waals surface area contributed by atoms with Crippen LogP contribution in [0.5, 0.6) is 5.75 Å². The van der Waals surface area contributed by atoms with E-state index in [0.717, 1.165) is 55.7 Å². The third kappa shape index (κ3) is 5.19. The van der Waals surface area contributed by atoms with Crippen molar-refractivity contribution in [1.82, 2.24) is 10.1 Å². The number of anilines is 1. The topological polar surface area (TPSA) is 86.9 Å². The molecule has 0 radical (unpaired) electrons. The SMILES string of the molecule is COC(=O)c1cnc(N2[C@@H]3CC[C@H]2C[C@H](OCc2c(-c4ccccc4OC(F)F)noc2C2CC2)C3)cc1Cl. The molecule has 206 valence electrons. The molecule has 3 atom stereocenters. The minimum Gasteiger partial charge on any atom is -0.465 e. The van der Waals surface area contributed by atoms with Gasteiger partial charge in [0.05, 0.1) is 30.4 Å². The number of carbonyl (C=O) groups is 1. The van der Waals surface area contributed by atoms with Crippen molar-refractivity contribution < 1.29 is 32.3 Å². The summed E-state index contributed by atoms with van der Waals surface area (Å²) in [4.78, 5) is 18.7. The number of methoxy groups -OCH3 is 1. The largest absolute Gasteiger partial charge is 0.465 e. The molecule has 2 bridgehead atoms. The van der Waals surface area contributed by atoms with E-state index in [1.165, 1.54) is 19.4 Å². The van der Waals surface area contributed by atoms with E-state index in [1.807, 2.05) is 0 Å². The van der Waals surface area contributed by atoms with Crippen LogP contribution in [0.25, 0.3) is 11.3 Å². The van der Waals surface area contributed by atoms with E-state index in [0.29, 0.717) is 16.3 Å². The zero-order valence-electron chi connectivity index (χ0n) is 21.3. The average molecular weight is 560 g/mol. The second-order valence-corrected chi connectivity index (χ2v) is 10.6. The Hall–Kier alpha value is -3.24. The molecule has 1 aromatic carbocycles. The molecule has 4 heterocycles. The van der Waals surface area contributed by atoms with Gasteiger partial charge in [0.2, 0.25) is 0 Å². The van der Waals surface area contributed by atoms with Crippen LogP contribution in [0.3, 0.4) is 0 Å². The molecule has 0 unspecified atom stereocenters. The molecule has 8 nitrogen and oxygen atoms in total. The number of nitrogens with zero attached hydrogens (tertiary/aromatic N) is 3. The lowest BCUT2D eigenvalue weighted by Crippen LogP contribution is -2.46. The molecule has 39 heavy (non-hydrogen) atoms. The number of para-hydroxylation sites is 1. The van der Waals surface area contributed by atoms with Crippen molar-refractivity contribution in [2.75, 3.05) is 12.0 Å². The Labute approximate surface area is 229 Å². The summed E-state index contributed by atoms with van der Waals surface area (Å²) >= 11 is 6.37. The number of pyridine rings is 1. The van der Waals surface area contributed by atoms with Gasteiger partial charge in [0.15, 0.2) is 0 Å². The highest BCUT2D eigenvalue weighted by atomic mass is 35.5. The van der Waals surface area contributed by atoms with Crippen LogP contribution in [0.15, 0.2) is 41.1 Å². The fraction of sp³-hybridized carbons (Fsp3) is 0.464. The van der Waals surface area contributed by atoms with Gasteiger partial charge in [-0.15, -0.1) is 0 Å². The quantitative estimate of drug-likeness (QED) is 0.279. The number of hydrogen-bond acceptors (Lipinski definition) is 8. The van der Waals surface area contributed by atoms with Crippen LogP contribution in [-0.2, 0) is 16.1 Å². The molecule has 2 aromatic heterocycles. The summed E-state index contributed by atoms with van der Waals surface area (Å²) in [5.41, 5.74) is 1.98. The van der Waals surface area contributed by atoms with Crippen molar-refractivity contribution in [3.8, 4) is 17.0 Å². The van der Waals surface area contributed by atoms with Crippen molar-refractivity contribution in [3.63, 3.8) is 0 Å². The Morgan fingerprint density at radius 2 is 1.92 bits per heavy atom. The summed E-state index contributed by atoms with van der Waals surface area (Å²) in [5.74, 6) is 1.32. The highest BCUT2D eigenvalue weighted by Gasteiger charge is 2.42. The van der Waals surface area contributed by atoms with Crippen LogP contribution in [0, 0.1) is 0 Å². The summed E-state index contributed by atoms with van der Waals surface area (Å²) in [7, 11) is 1.31. The Morgan fingerprint density at radius 1 is 1.18 bits per heavy atom. The summed E-state index contributed by atoms with van der Waals surface area (Å²) in [6, 6.07) is 8.80. The molecule has 11 heteroatoms. The van der Waals surface area contributed by atoms with Crippen LogP contribution in [0.1, 0.15) is 66.1 Å². The van der Waals surface area contributed by atoms with Gasteiger partial charge >= 0.3 is 12.6 Å². The van der Waals surface area contributed by atoms with Gasteiger partial charge in [-0.1, -0.05) is 28.9 Å². The lowest BCUT2D eigenvalue weighted by atomic mass is 9.99. The maximum absolute atomic E-state index is 13.1. The molecule has 1 aliphatic carbocycles. The predicted octanol–water partition coefficient (Wildman–Crippen LogP) is 6.37. The summed E-state index contributed by atoms with van der Waals surface area (Å²) in [5, 5.41) is 4.58. The highest BCUT2D eigenvalue weighted by molar-refractivity contribution is 6.33. The normalized spacial score (nSPS) is 22.4. The first-order valence-electron chi connectivity index (χ1n) is 13.1. The van der Waals surface area contributed by atoms with Crippen LogP contribution < -0.4 is 9.64 Å². The minimum absolute atomic E-state index is 0.00549. The maximum atomic E-state index is 13.1. The van der Waals surface area contributed by atoms with Crippen LogP contribution in [0.4, 0.5) is 14.6 Å². The van der Waals surface area contributed by atoms with Crippen molar-refractivity contribution in [2.45, 2.75) is 75.8 Å². The molecule has 0 amide bonds. The van der Waals surface area contributed by atoms with Gasteiger partial charge in [0.25, 0.3) is 0 Å². The smallest absolute Gasteiger partial charge is 0.387 e. The number of benzene rings is 1. The lowest BCUT2D eigenvalue weighted by molar-refractivity contribution is -0.0494. The number of halogens is 3. The fourth-order valence-electron chi connectivity index (χ4n) is 5.86. The van der Waals surface area contributed by atoms with E-state index in [1.54, 1.807) is 24.3 Å². The Morgan fingerprint density at radius 3 is 2.59 bits per heavy atom. The second kappa shape index (κ2) is 10.7. The van der Waals surface area contributed by atoms with E-state index in [-0.39, 0.29) is 42.0 Å². The number of aromatic nitrogens is 2. The summed E-state index contributed by atoms with van der Waals surface area (Å²) < 4.78 is 47.8. The predicted molar refractivity (Wildman–Crippen MR) is 138 cm³/mol. The first-order chi connectivity index (χ1) is 18.9. The van der Waals surface area contributed by atoms with Gasteiger partial charge in [0.1, 0.15) is 23.0 Å². The van der Waals surface area contributed by atoms with Crippen molar-refractivity contribution >= 4 is 23.4 Å². The molecular weight excluding hydrogens is 532 g/mol. The van der Waals surface area contributed by atoms with Crippen LogP contribution in [0.2, 0.25) is 5.02 Å². The number of ether oxygens (including phenoxy) is 3. The molecule has 0 N–H and O–H groups in total. The molecular formula is C28H28ClF2N3O5. The molecule has 3 aromatic rings. The second-order valence-electron chi connectivity index (χ2n) is 10.2. The standard InChI is InChI=1S/C28H28ClF2N3O5/c1-36-27(35)20-13-32-24(12-22(20)29)34-16-8-9-17(34)11-18(10-16)37-14-21-25(33-39-26(21)15-6-7-15)19-4-2-3-5-23(19)38-28(30)31/h2-5,12-13,15-18,28H,6-11,14H2,1H3/t16-,17+,18-. The van der Waals surface area contributed by atoms with E-state index in [4.69, 9.17) is 30.3 Å². The number of fused-ring (bicyclic) bond motifs is 2. The average Bonchev–Trinajstić information content (AvgIpc) is 3.63. The number of esters is 1. The minimum atomic E-state index is -2.94. The Balaban J connectivity index is 1.18. The molecule has 1 saturated carbocycles. The third-order valence-corrected chi connectivity index (χ3v) is 8.10. The molecule has 2 aliphatic heterocycles. The fourth-order valence-corrected chi connectivity index (χ4v) is 6.08. The molecule has 3 fully saturated rings. The highest BCUT2D eigenvalue weighted by Crippen LogP contribution is 2.46. The van der Waals surface area contributed by atoms with E-state index < -0.39 is 12.6 Å². The summed E-state index contributed by atoms with van der Waals surface area (Å²) in [6.07, 6.45) is 7.10. The monoisotopic (exact) mass is 559 g/mol. The molecule has 3 aliphatic rings. The first-order valence-corrected chi connectivity index (χ1v) is 13.5. The van der Waals surface area contributed by atoms with E-state index >= 15 is 0 Å². The Kier molecular flexibility index (Phi) is 7.16. The van der Waals surface area contributed by atoms with Crippen molar-refractivity contribution in [1.29, 1.82) is 0 Å². The van der Waals surface area contributed by atoms with Gasteiger partial charge in [0, 0.05) is 41.4 Å². The zero-order valence-corrected chi connectivity index (χ0v) is 22.1. The zero-order chi connectivity index (χ0) is 27.1.